The first-order chi connectivity index (χ1) is 9.58. The molecule has 1 atom stereocenters. The molecule has 1 N–H and O–H groups in total. The Bertz CT molecular complexity index is 586. The van der Waals surface area contributed by atoms with Gasteiger partial charge < -0.3 is 9.84 Å². The van der Waals surface area contributed by atoms with Crippen LogP contribution in [0.4, 0.5) is 4.39 Å². The molecule has 0 fully saturated rings. The molecule has 0 radical (unpaired) electrons. The largest absolute Gasteiger partial charge is 0.497 e. The van der Waals surface area contributed by atoms with Gasteiger partial charge in [-0.25, -0.2) is 4.39 Å². The Morgan fingerprint density at radius 1 is 1.20 bits per heavy atom. The molecule has 0 aliphatic heterocycles. The second-order valence-corrected chi connectivity index (χ2v) is 5.57. The second kappa shape index (κ2) is 6.86. The number of halogens is 2. The third-order valence-electron chi connectivity index (χ3n) is 3.08. The van der Waals surface area contributed by atoms with E-state index in [0.29, 0.717) is 16.5 Å². The van der Waals surface area contributed by atoms with Gasteiger partial charge in [0.25, 0.3) is 0 Å². The first-order valence-electron chi connectivity index (χ1n) is 6.33. The number of methoxy groups -OCH3 is 1. The molecule has 4 heteroatoms. The van der Waals surface area contributed by atoms with Crippen LogP contribution in [0.1, 0.15) is 11.1 Å². The lowest BCUT2D eigenvalue weighted by Gasteiger charge is -2.12. The molecule has 2 aromatic rings. The monoisotopic (exact) mass is 338 g/mol. The summed E-state index contributed by atoms with van der Waals surface area (Å²) in [5.74, 6) is 0.452. The van der Waals surface area contributed by atoms with Crippen molar-refractivity contribution in [2.75, 3.05) is 7.11 Å². The summed E-state index contributed by atoms with van der Waals surface area (Å²) in [6, 6.07) is 12.4. The molecule has 0 bridgehead atoms. The molecule has 0 saturated carbocycles. The molecular formula is C16H16BrFO2. The van der Waals surface area contributed by atoms with Gasteiger partial charge in [-0.15, -0.1) is 0 Å². The Balaban J connectivity index is 2.02. The molecule has 0 spiro atoms. The van der Waals surface area contributed by atoms with Gasteiger partial charge in [0.1, 0.15) is 11.6 Å². The van der Waals surface area contributed by atoms with Crippen LogP contribution >= 0.6 is 15.9 Å². The molecule has 1 unspecified atom stereocenters. The van der Waals surface area contributed by atoms with Crippen LogP contribution < -0.4 is 4.74 Å². The maximum absolute atomic E-state index is 13.7. The van der Waals surface area contributed by atoms with Crippen molar-refractivity contribution in [3.8, 4) is 5.75 Å². The van der Waals surface area contributed by atoms with Gasteiger partial charge in [-0.1, -0.05) is 34.1 Å². The molecular weight excluding hydrogens is 323 g/mol. The fraction of sp³-hybridized carbons (Fsp3) is 0.250. The zero-order valence-corrected chi connectivity index (χ0v) is 12.7. The van der Waals surface area contributed by atoms with E-state index in [9.17, 15) is 9.50 Å². The maximum atomic E-state index is 13.7. The molecule has 2 nitrogen and oxygen atoms in total. The molecule has 20 heavy (non-hydrogen) atoms. The van der Waals surface area contributed by atoms with E-state index in [1.807, 2.05) is 24.3 Å². The summed E-state index contributed by atoms with van der Waals surface area (Å²) >= 11 is 3.22. The van der Waals surface area contributed by atoms with Crippen LogP contribution in [-0.2, 0) is 12.8 Å². The van der Waals surface area contributed by atoms with E-state index in [1.54, 1.807) is 19.2 Å². The molecule has 0 saturated heterocycles. The predicted octanol–water partition coefficient (Wildman–Crippen LogP) is 3.74. The standard InChI is InChI=1S/C16H16BrFO2/c1-20-15-4-2-3-11(8-15)7-14(19)9-12-5-6-13(17)10-16(12)18/h2-6,8,10,14,19H,7,9H2,1H3. The normalized spacial score (nSPS) is 12.2. The van der Waals surface area contributed by atoms with E-state index in [-0.39, 0.29) is 12.2 Å². The number of benzene rings is 2. The van der Waals surface area contributed by atoms with E-state index in [1.165, 1.54) is 6.07 Å². The molecule has 0 heterocycles. The van der Waals surface area contributed by atoms with Gasteiger partial charge in [0.15, 0.2) is 0 Å². The van der Waals surface area contributed by atoms with E-state index in [2.05, 4.69) is 15.9 Å². The van der Waals surface area contributed by atoms with Crippen LogP contribution in [0, 0.1) is 5.82 Å². The number of aliphatic hydroxyl groups is 1. The van der Waals surface area contributed by atoms with Crippen molar-refractivity contribution in [1.29, 1.82) is 0 Å². The highest BCUT2D eigenvalue weighted by atomic mass is 79.9. The molecule has 0 amide bonds. The summed E-state index contributed by atoms with van der Waals surface area (Å²) < 4.78 is 19.5. The Morgan fingerprint density at radius 3 is 2.70 bits per heavy atom. The minimum Gasteiger partial charge on any atom is -0.497 e. The first kappa shape index (κ1) is 15.0. The van der Waals surface area contributed by atoms with Crippen molar-refractivity contribution in [3.05, 3.63) is 63.9 Å². The minimum absolute atomic E-state index is 0.288. The zero-order valence-electron chi connectivity index (χ0n) is 11.1. The average Bonchev–Trinajstić information content (AvgIpc) is 2.42. The summed E-state index contributed by atoms with van der Waals surface area (Å²) in [7, 11) is 1.60. The highest BCUT2D eigenvalue weighted by Gasteiger charge is 2.11. The minimum atomic E-state index is -0.627. The van der Waals surface area contributed by atoms with Gasteiger partial charge >= 0.3 is 0 Å². The van der Waals surface area contributed by atoms with Crippen molar-refractivity contribution in [2.45, 2.75) is 18.9 Å². The Kier molecular flexibility index (Phi) is 5.15. The van der Waals surface area contributed by atoms with Crippen molar-refractivity contribution in [3.63, 3.8) is 0 Å². The van der Waals surface area contributed by atoms with Gasteiger partial charge in [0, 0.05) is 10.9 Å². The molecule has 106 valence electrons. The van der Waals surface area contributed by atoms with Crippen LogP contribution in [0.2, 0.25) is 0 Å². The third kappa shape index (κ3) is 4.05. The van der Waals surface area contributed by atoms with E-state index < -0.39 is 6.10 Å². The fourth-order valence-corrected chi connectivity index (χ4v) is 2.42. The summed E-state index contributed by atoms with van der Waals surface area (Å²) in [6.07, 6.45) is 0.126. The van der Waals surface area contributed by atoms with E-state index in [4.69, 9.17) is 4.74 Å². The fourth-order valence-electron chi connectivity index (χ4n) is 2.08. The van der Waals surface area contributed by atoms with Crippen LogP contribution in [-0.4, -0.2) is 18.3 Å². The Hall–Kier alpha value is -1.39. The van der Waals surface area contributed by atoms with Crippen molar-refractivity contribution < 1.29 is 14.2 Å². The smallest absolute Gasteiger partial charge is 0.127 e. The lowest BCUT2D eigenvalue weighted by atomic mass is 10.0. The summed E-state index contributed by atoms with van der Waals surface area (Å²) in [4.78, 5) is 0. The lowest BCUT2D eigenvalue weighted by molar-refractivity contribution is 0.174. The number of hydrogen-bond acceptors (Lipinski definition) is 2. The molecule has 0 aromatic heterocycles. The van der Waals surface area contributed by atoms with Crippen LogP contribution in [0.25, 0.3) is 0 Å². The van der Waals surface area contributed by atoms with Gasteiger partial charge in [-0.05, 0) is 41.8 Å². The van der Waals surface area contributed by atoms with Crippen molar-refractivity contribution >= 4 is 15.9 Å². The van der Waals surface area contributed by atoms with E-state index >= 15 is 0 Å². The first-order valence-corrected chi connectivity index (χ1v) is 7.12. The number of aliphatic hydroxyl groups excluding tert-OH is 1. The van der Waals surface area contributed by atoms with E-state index in [0.717, 1.165) is 11.3 Å². The topological polar surface area (TPSA) is 29.5 Å². The number of rotatable bonds is 5. The third-order valence-corrected chi connectivity index (χ3v) is 3.57. The molecule has 2 aromatic carbocycles. The molecule has 0 aliphatic carbocycles. The highest BCUT2D eigenvalue weighted by Crippen LogP contribution is 2.19. The van der Waals surface area contributed by atoms with Gasteiger partial charge in [-0.3, -0.25) is 0 Å². The van der Waals surface area contributed by atoms with Crippen LogP contribution in [0.5, 0.6) is 5.75 Å². The highest BCUT2D eigenvalue weighted by molar-refractivity contribution is 9.10. The van der Waals surface area contributed by atoms with Crippen molar-refractivity contribution in [1.82, 2.24) is 0 Å². The Morgan fingerprint density at radius 2 is 2.00 bits per heavy atom. The van der Waals surface area contributed by atoms with Gasteiger partial charge in [0.05, 0.1) is 13.2 Å². The second-order valence-electron chi connectivity index (χ2n) is 4.65. The maximum Gasteiger partial charge on any atom is 0.127 e. The molecule has 0 aliphatic rings. The predicted molar refractivity (Wildman–Crippen MR) is 80.5 cm³/mol. The summed E-state index contributed by atoms with van der Waals surface area (Å²) in [5, 5.41) is 10.1. The Labute approximate surface area is 126 Å². The van der Waals surface area contributed by atoms with Crippen molar-refractivity contribution in [2.24, 2.45) is 0 Å². The van der Waals surface area contributed by atoms with Gasteiger partial charge in [0.2, 0.25) is 0 Å². The SMILES string of the molecule is COc1cccc(CC(O)Cc2ccc(Br)cc2F)c1. The number of ether oxygens (including phenoxy) is 1. The van der Waals surface area contributed by atoms with Gasteiger partial charge in [-0.2, -0.15) is 0 Å². The summed E-state index contributed by atoms with van der Waals surface area (Å²) in [6.45, 7) is 0. The summed E-state index contributed by atoms with van der Waals surface area (Å²) in [5.41, 5.74) is 1.48. The van der Waals surface area contributed by atoms with Crippen LogP contribution in [0.15, 0.2) is 46.9 Å². The zero-order chi connectivity index (χ0) is 14.5. The number of hydrogen-bond donors (Lipinski definition) is 1. The lowest BCUT2D eigenvalue weighted by Crippen LogP contribution is -2.14. The van der Waals surface area contributed by atoms with Crippen LogP contribution in [0.3, 0.4) is 0 Å². The average molecular weight is 339 g/mol. The molecule has 2 rings (SSSR count). The quantitative estimate of drug-likeness (QED) is 0.899.